The van der Waals surface area contributed by atoms with E-state index in [1.54, 1.807) is 17.1 Å². The van der Waals surface area contributed by atoms with Gasteiger partial charge in [-0.2, -0.15) is 0 Å². The van der Waals surface area contributed by atoms with Crippen molar-refractivity contribution in [1.29, 1.82) is 5.41 Å². The van der Waals surface area contributed by atoms with Gasteiger partial charge in [0.1, 0.15) is 0 Å². The van der Waals surface area contributed by atoms with Crippen molar-refractivity contribution in [2.45, 2.75) is 0 Å². The van der Waals surface area contributed by atoms with Crippen LogP contribution in [0.15, 0.2) is 47.2 Å². The van der Waals surface area contributed by atoms with Gasteiger partial charge in [0, 0.05) is 11.8 Å². The maximum Gasteiger partial charge on any atom is 0.263 e. The smallest absolute Gasteiger partial charge is 0.263 e. The molecular weight excluding hydrogens is 270 g/mol. The molecule has 0 bridgehead atoms. The Morgan fingerprint density at radius 3 is 2.71 bits per heavy atom. The molecule has 0 aliphatic heterocycles. The van der Waals surface area contributed by atoms with Crippen molar-refractivity contribution >= 4 is 11.9 Å². The number of allylic oxidation sites excluding steroid dienone is 1. The van der Waals surface area contributed by atoms with E-state index < -0.39 is 0 Å². The summed E-state index contributed by atoms with van der Waals surface area (Å²) in [5.74, 6) is 0.547. The van der Waals surface area contributed by atoms with Crippen LogP contribution in [0.5, 0.6) is 0 Å². The Labute approximate surface area is 119 Å². The highest BCUT2D eigenvalue weighted by Gasteiger charge is 2.10. The van der Waals surface area contributed by atoms with Crippen molar-refractivity contribution in [3.63, 3.8) is 0 Å². The standard InChI is InChI=1S/C13H11N7O/c14-6-5-11(15)13-18-17-12(21-13)9-1-3-10(4-2-9)20-8-7-16-19-20/h1-8,14H,15H2/b11-5-,14-6?. The van der Waals surface area contributed by atoms with Gasteiger partial charge < -0.3 is 15.6 Å². The first-order valence-corrected chi connectivity index (χ1v) is 6.05. The van der Waals surface area contributed by atoms with E-state index >= 15 is 0 Å². The first kappa shape index (κ1) is 12.7. The van der Waals surface area contributed by atoms with E-state index in [4.69, 9.17) is 15.6 Å². The van der Waals surface area contributed by atoms with Crippen molar-refractivity contribution in [3.8, 4) is 17.1 Å². The topological polar surface area (TPSA) is 120 Å². The summed E-state index contributed by atoms with van der Waals surface area (Å²) in [4.78, 5) is 0. The van der Waals surface area contributed by atoms with Crippen LogP contribution >= 0.6 is 0 Å². The molecule has 0 fully saturated rings. The fraction of sp³-hybridized carbons (Fsp3) is 0. The highest BCUT2D eigenvalue weighted by atomic mass is 16.4. The minimum absolute atomic E-state index is 0.189. The molecule has 3 rings (SSSR count). The van der Waals surface area contributed by atoms with Crippen molar-refractivity contribution in [2.24, 2.45) is 5.73 Å². The number of rotatable bonds is 4. The van der Waals surface area contributed by atoms with Gasteiger partial charge >= 0.3 is 0 Å². The number of aromatic nitrogens is 5. The average Bonchev–Trinajstić information content (AvgIpc) is 3.19. The van der Waals surface area contributed by atoms with Crippen molar-refractivity contribution < 1.29 is 4.42 Å². The summed E-state index contributed by atoms with van der Waals surface area (Å²) in [7, 11) is 0. The molecule has 104 valence electrons. The van der Waals surface area contributed by atoms with Gasteiger partial charge in [-0.15, -0.1) is 15.3 Å². The second kappa shape index (κ2) is 5.37. The number of nitrogens with two attached hydrogens (primary N) is 1. The van der Waals surface area contributed by atoms with Crippen LogP contribution in [0.4, 0.5) is 0 Å². The fourth-order valence-corrected chi connectivity index (χ4v) is 1.72. The molecule has 0 aliphatic rings. The minimum atomic E-state index is 0.189. The molecule has 0 radical (unpaired) electrons. The molecule has 2 aromatic heterocycles. The lowest BCUT2D eigenvalue weighted by Crippen LogP contribution is -1.96. The normalized spacial score (nSPS) is 11.5. The number of hydrogen-bond donors (Lipinski definition) is 2. The molecule has 3 aromatic rings. The Kier molecular flexibility index (Phi) is 3.26. The molecule has 0 atom stereocenters. The van der Waals surface area contributed by atoms with Gasteiger partial charge in [0.2, 0.25) is 5.89 Å². The van der Waals surface area contributed by atoms with Gasteiger partial charge in [0.25, 0.3) is 5.89 Å². The van der Waals surface area contributed by atoms with Gasteiger partial charge in [-0.25, -0.2) is 4.68 Å². The lowest BCUT2D eigenvalue weighted by molar-refractivity contribution is 0.552. The Hall–Kier alpha value is -3.29. The molecular formula is C13H11N7O. The highest BCUT2D eigenvalue weighted by molar-refractivity contribution is 5.79. The maximum atomic E-state index is 6.96. The maximum absolute atomic E-state index is 6.96. The summed E-state index contributed by atoms with van der Waals surface area (Å²) in [6.45, 7) is 0. The number of benzene rings is 1. The molecule has 0 amide bonds. The summed E-state index contributed by atoms with van der Waals surface area (Å²) >= 11 is 0. The summed E-state index contributed by atoms with van der Waals surface area (Å²) in [6.07, 6.45) is 5.80. The van der Waals surface area contributed by atoms with E-state index in [1.165, 1.54) is 6.08 Å². The quantitative estimate of drug-likeness (QED) is 0.695. The molecule has 0 saturated carbocycles. The molecule has 0 saturated heterocycles. The van der Waals surface area contributed by atoms with Crippen LogP contribution in [0, 0.1) is 5.41 Å². The molecule has 0 aliphatic carbocycles. The first-order chi connectivity index (χ1) is 10.3. The van der Waals surface area contributed by atoms with Crippen molar-refractivity contribution in [2.75, 3.05) is 0 Å². The van der Waals surface area contributed by atoms with Crippen LogP contribution in [0.1, 0.15) is 5.89 Å². The zero-order chi connectivity index (χ0) is 14.7. The zero-order valence-electron chi connectivity index (χ0n) is 10.8. The second-order valence-electron chi connectivity index (χ2n) is 4.10. The summed E-state index contributed by atoms with van der Waals surface area (Å²) in [5, 5.41) is 22.4. The van der Waals surface area contributed by atoms with Crippen LogP contribution in [0.3, 0.4) is 0 Å². The van der Waals surface area contributed by atoms with Gasteiger partial charge in [0.15, 0.2) is 0 Å². The third-order valence-corrected chi connectivity index (χ3v) is 2.74. The van der Waals surface area contributed by atoms with Crippen LogP contribution < -0.4 is 5.73 Å². The zero-order valence-corrected chi connectivity index (χ0v) is 10.8. The Morgan fingerprint density at radius 1 is 1.24 bits per heavy atom. The van der Waals surface area contributed by atoms with E-state index in [1.807, 2.05) is 24.3 Å². The summed E-state index contributed by atoms with van der Waals surface area (Å²) in [6, 6.07) is 7.41. The van der Waals surface area contributed by atoms with E-state index in [2.05, 4.69) is 20.5 Å². The van der Waals surface area contributed by atoms with Crippen LogP contribution in [0.2, 0.25) is 0 Å². The molecule has 8 nitrogen and oxygen atoms in total. The monoisotopic (exact) mass is 281 g/mol. The van der Waals surface area contributed by atoms with Gasteiger partial charge in [-0.1, -0.05) is 5.21 Å². The van der Waals surface area contributed by atoms with E-state index in [0.29, 0.717) is 5.89 Å². The fourth-order valence-electron chi connectivity index (χ4n) is 1.72. The molecule has 2 heterocycles. The lowest BCUT2D eigenvalue weighted by Gasteiger charge is -2.00. The highest BCUT2D eigenvalue weighted by Crippen LogP contribution is 2.20. The average molecular weight is 281 g/mol. The van der Waals surface area contributed by atoms with Gasteiger partial charge in [-0.3, -0.25) is 0 Å². The van der Waals surface area contributed by atoms with Crippen molar-refractivity contribution in [3.05, 3.63) is 48.6 Å². The van der Waals surface area contributed by atoms with Crippen LogP contribution in [0.25, 0.3) is 22.8 Å². The SMILES string of the molecule is N=C/C=C(\N)c1nnc(-c2ccc(-n3ccnn3)cc2)o1. The van der Waals surface area contributed by atoms with Crippen LogP contribution in [-0.4, -0.2) is 31.4 Å². The minimum Gasteiger partial charge on any atom is -0.415 e. The predicted octanol–water partition coefficient (Wildman–Crippen LogP) is 1.27. The lowest BCUT2D eigenvalue weighted by atomic mass is 10.2. The number of nitrogens with one attached hydrogen (secondary N) is 1. The third kappa shape index (κ3) is 2.54. The molecule has 21 heavy (non-hydrogen) atoms. The molecule has 0 unspecified atom stereocenters. The summed E-state index contributed by atoms with van der Waals surface area (Å²) < 4.78 is 7.11. The van der Waals surface area contributed by atoms with Crippen LogP contribution in [-0.2, 0) is 0 Å². The Morgan fingerprint density at radius 2 is 2.05 bits per heavy atom. The largest absolute Gasteiger partial charge is 0.415 e. The van der Waals surface area contributed by atoms with E-state index in [-0.39, 0.29) is 11.6 Å². The van der Waals surface area contributed by atoms with E-state index in [9.17, 15) is 0 Å². The second-order valence-corrected chi connectivity index (χ2v) is 4.10. The van der Waals surface area contributed by atoms with Gasteiger partial charge in [-0.05, 0) is 30.3 Å². The molecule has 1 aromatic carbocycles. The Balaban J connectivity index is 1.88. The van der Waals surface area contributed by atoms with Gasteiger partial charge in [0.05, 0.1) is 23.8 Å². The number of hydrogen-bond acceptors (Lipinski definition) is 7. The predicted molar refractivity (Wildman–Crippen MR) is 75.6 cm³/mol. The first-order valence-electron chi connectivity index (χ1n) is 6.05. The molecule has 8 heteroatoms. The van der Waals surface area contributed by atoms with E-state index in [0.717, 1.165) is 17.5 Å². The summed E-state index contributed by atoms with van der Waals surface area (Å²) in [5.41, 5.74) is 7.57. The Bertz CT molecular complexity index is 771. The molecule has 3 N–H and O–H groups in total. The third-order valence-electron chi connectivity index (χ3n) is 2.74. The molecule has 0 spiro atoms. The van der Waals surface area contributed by atoms with Crippen molar-refractivity contribution in [1.82, 2.24) is 25.2 Å². The number of nitrogens with zero attached hydrogens (tertiary/aromatic N) is 5.